The van der Waals surface area contributed by atoms with Crippen LogP contribution in [0.25, 0.3) is 0 Å². The monoisotopic (exact) mass is 301 g/mol. The summed E-state index contributed by atoms with van der Waals surface area (Å²) in [7, 11) is 4.63. The van der Waals surface area contributed by atoms with Crippen LogP contribution in [0.1, 0.15) is 15.9 Å². The van der Waals surface area contributed by atoms with Crippen molar-refractivity contribution in [1.82, 2.24) is 0 Å². The number of hydrogen-bond acceptors (Lipinski definition) is 5. The second kappa shape index (κ2) is 7.36. The molecule has 0 bridgehead atoms. The summed E-state index contributed by atoms with van der Waals surface area (Å²) in [4.78, 5) is 11.4. The molecule has 0 saturated heterocycles. The first-order chi connectivity index (χ1) is 10.7. The molecule has 116 valence electrons. The van der Waals surface area contributed by atoms with Crippen LogP contribution < -0.4 is 14.8 Å². The Morgan fingerprint density at radius 1 is 1.00 bits per heavy atom. The number of carbonyl (C=O) groups excluding carboxylic acids is 1. The van der Waals surface area contributed by atoms with Crippen LogP contribution in [0.5, 0.6) is 11.5 Å². The fraction of sp³-hybridized carbons (Fsp3) is 0.235. The summed E-state index contributed by atoms with van der Waals surface area (Å²) < 4.78 is 15.2. The maximum Gasteiger partial charge on any atom is 0.337 e. The lowest BCUT2D eigenvalue weighted by atomic mass is 10.1. The normalized spacial score (nSPS) is 9.95. The summed E-state index contributed by atoms with van der Waals surface area (Å²) in [6.45, 7) is 0.581. The quantitative estimate of drug-likeness (QED) is 0.831. The topological polar surface area (TPSA) is 56.8 Å². The van der Waals surface area contributed by atoms with Gasteiger partial charge < -0.3 is 19.5 Å². The maximum atomic E-state index is 11.4. The van der Waals surface area contributed by atoms with E-state index in [1.165, 1.54) is 7.11 Å². The first-order valence-corrected chi connectivity index (χ1v) is 6.81. The molecule has 5 nitrogen and oxygen atoms in total. The highest BCUT2D eigenvalue weighted by molar-refractivity contribution is 5.89. The van der Waals surface area contributed by atoms with E-state index >= 15 is 0 Å². The van der Waals surface area contributed by atoms with Crippen LogP contribution in [-0.4, -0.2) is 27.3 Å². The number of hydrogen-bond donors (Lipinski definition) is 1. The first-order valence-electron chi connectivity index (χ1n) is 6.81. The third kappa shape index (κ3) is 3.69. The van der Waals surface area contributed by atoms with Crippen LogP contribution in [0, 0.1) is 0 Å². The van der Waals surface area contributed by atoms with Gasteiger partial charge in [-0.3, -0.25) is 0 Å². The molecule has 0 fully saturated rings. The summed E-state index contributed by atoms with van der Waals surface area (Å²) in [6, 6.07) is 12.8. The zero-order valence-electron chi connectivity index (χ0n) is 12.9. The molecule has 0 atom stereocenters. The molecule has 0 aromatic heterocycles. The molecule has 0 amide bonds. The SMILES string of the molecule is COC(=O)c1ccc(NCc2cc(OC)ccc2OC)cc1. The molecule has 22 heavy (non-hydrogen) atoms. The highest BCUT2D eigenvalue weighted by Gasteiger charge is 2.06. The van der Waals surface area contributed by atoms with Gasteiger partial charge in [0.1, 0.15) is 11.5 Å². The molecule has 2 aromatic carbocycles. The lowest BCUT2D eigenvalue weighted by Gasteiger charge is -2.12. The van der Waals surface area contributed by atoms with Gasteiger partial charge in [0.2, 0.25) is 0 Å². The molecule has 0 aliphatic rings. The Labute approximate surface area is 129 Å². The fourth-order valence-electron chi connectivity index (χ4n) is 2.06. The lowest BCUT2D eigenvalue weighted by molar-refractivity contribution is 0.0601. The number of esters is 1. The van der Waals surface area contributed by atoms with Crippen molar-refractivity contribution in [2.45, 2.75) is 6.54 Å². The molecule has 0 spiro atoms. The Hall–Kier alpha value is -2.69. The third-order valence-corrected chi connectivity index (χ3v) is 3.28. The Bertz CT molecular complexity index is 638. The minimum Gasteiger partial charge on any atom is -0.497 e. The molecular formula is C17H19NO4. The number of benzene rings is 2. The van der Waals surface area contributed by atoms with Crippen molar-refractivity contribution in [2.24, 2.45) is 0 Å². The van der Waals surface area contributed by atoms with Crippen LogP contribution in [0.2, 0.25) is 0 Å². The smallest absolute Gasteiger partial charge is 0.337 e. The standard InChI is InChI=1S/C17H19NO4/c1-20-15-8-9-16(21-2)13(10-15)11-18-14-6-4-12(5-7-14)17(19)22-3/h4-10,18H,11H2,1-3H3. The lowest BCUT2D eigenvalue weighted by Crippen LogP contribution is -2.04. The van der Waals surface area contributed by atoms with E-state index in [2.05, 4.69) is 10.1 Å². The van der Waals surface area contributed by atoms with Crippen LogP contribution in [-0.2, 0) is 11.3 Å². The molecule has 0 radical (unpaired) electrons. The van der Waals surface area contributed by atoms with E-state index < -0.39 is 0 Å². The predicted octanol–water partition coefficient (Wildman–Crippen LogP) is 3.10. The Kier molecular flexibility index (Phi) is 5.25. The largest absolute Gasteiger partial charge is 0.497 e. The van der Waals surface area contributed by atoms with Crippen molar-refractivity contribution in [3.8, 4) is 11.5 Å². The Balaban J connectivity index is 2.08. The second-order valence-corrected chi connectivity index (χ2v) is 4.60. The van der Waals surface area contributed by atoms with E-state index in [1.54, 1.807) is 26.4 Å². The number of carbonyl (C=O) groups is 1. The number of nitrogens with one attached hydrogen (secondary N) is 1. The van der Waals surface area contributed by atoms with Gasteiger partial charge >= 0.3 is 5.97 Å². The van der Waals surface area contributed by atoms with Gasteiger partial charge in [-0.1, -0.05) is 0 Å². The van der Waals surface area contributed by atoms with Crippen LogP contribution in [0.15, 0.2) is 42.5 Å². The van der Waals surface area contributed by atoms with Gasteiger partial charge in [0.25, 0.3) is 0 Å². The summed E-state index contributed by atoms with van der Waals surface area (Å²) in [5.74, 6) is 1.22. The van der Waals surface area contributed by atoms with Crippen molar-refractivity contribution in [3.05, 3.63) is 53.6 Å². The Morgan fingerprint density at radius 2 is 1.73 bits per heavy atom. The molecule has 2 rings (SSSR count). The van der Waals surface area contributed by atoms with E-state index in [0.717, 1.165) is 22.7 Å². The van der Waals surface area contributed by atoms with Crippen molar-refractivity contribution < 1.29 is 19.0 Å². The molecule has 0 aliphatic heterocycles. The van der Waals surface area contributed by atoms with Gasteiger partial charge in [-0.2, -0.15) is 0 Å². The van der Waals surface area contributed by atoms with E-state index in [-0.39, 0.29) is 5.97 Å². The Morgan fingerprint density at radius 3 is 2.32 bits per heavy atom. The molecule has 0 aliphatic carbocycles. The van der Waals surface area contributed by atoms with Crippen molar-refractivity contribution in [3.63, 3.8) is 0 Å². The predicted molar refractivity (Wildman–Crippen MR) is 84.7 cm³/mol. The molecule has 0 heterocycles. The fourth-order valence-corrected chi connectivity index (χ4v) is 2.06. The molecule has 0 unspecified atom stereocenters. The van der Waals surface area contributed by atoms with Crippen molar-refractivity contribution in [1.29, 1.82) is 0 Å². The number of anilines is 1. The van der Waals surface area contributed by atoms with Crippen molar-refractivity contribution in [2.75, 3.05) is 26.6 Å². The second-order valence-electron chi connectivity index (χ2n) is 4.60. The molecule has 5 heteroatoms. The zero-order valence-corrected chi connectivity index (χ0v) is 12.9. The van der Waals surface area contributed by atoms with Crippen LogP contribution in [0.3, 0.4) is 0 Å². The van der Waals surface area contributed by atoms with Gasteiger partial charge in [0, 0.05) is 17.8 Å². The van der Waals surface area contributed by atoms with Gasteiger partial charge in [0.05, 0.1) is 26.9 Å². The number of rotatable bonds is 6. The molecule has 0 saturated carbocycles. The summed E-state index contributed by atoms with van der Waals surface area (Å²) in [6.07, 6.45) is 0. The first kappa shape index (κ1) is 15.7. The van der Waals surface area contributed by atoms with Gasteiger partial charge in [0.15, 0.2) is 0 Å². The molecular weight excluding hydrogens is 282 g/mol. The number of methoxy groups -OCH3 is 3. The van der Waals surface area contributed by atoms with E-state index in [4.69, 9.17) is 9.47 Å². The van der Waals surface area contributed by atoms with Gasteiger partial charge in [-0.15, -0.1) is 0 Å². The van der Waals surface area contributed by atoms with E-state index in [9.17, 15) is 4.79 Å². The highest BCUT2D eigenvalue weighted by Crippen LogP contribution is 2.25. The van der Waals surface area contributed by atoms with Crippen LogP contribution in [0.4, 0.5) is 5.69 Å². The van der Waals surface area contributed by atoms with Gasteiger partial charge in [-0.05, 0) is 42.5 Å². The highest BCUT2D eigenvalue weighted by atomic mass is 16.5. The van der Waals surface area contributed by atoms with E-state index in [0.29, 0.717) is 12.1 Å². The van der Waals surface area contributed by atoms with Crippen LogP contribution >= 0.6 is 0 Å². The van der Waals surface area contributed by atoms with Gasteiger partial charge in [-0.25, -0.2) is 4.79 Å². The number of ether oxygens (including phenoxy) is 3. The zero-order chi connectivity index (χ0) is 15.9. The van der Waals surface area contributed by atoms with Crippen molar-refractivity contribution >= 4 is 11.7 Å². The summed E-state index contributed by atoms with van der Waals surface area (Å²) >= 11 is 0. The summed E-state index contributed by atoms with van der Waals surface area (Å²) in [5.41, 5.74) is 2.41. The average Bonchev–Trinajstić information content (AvgIpc) is 2.59. The minimum absolute atomic E-state index is 0.346. The molecule has 2 aromatic rings. The molecule has 1 N–H and O–H groups in total. The maximum absolute atomic E-state index is 11.4. The van der Waals surface area contributed by atoms with E-state index in [1.807, 2.05) is 30.3 Å². The average molecular weight is 301 g/mol. The summed E-state index contributed by atoms with van der Waals surface area (Å²) in [5, 5.41) is 3.28. The minimum atomic E-state index is -0.346. The third-order valence-electron chi connectivity index (χ3n) is 3.28.